The van der Waals surface area contributed by atoms with Crippen molar-refractivity contribution in [2.75, 3.05) is 20.8 Å². The van der Waals surface area contributed by atoms with Crippen LogP contribution in [-0.4, -0.2) is 41.5 Å². The predicted octanol–water partition coefficient (Wildman–Crippen LogP) is 3.32. The summed E-state index contributed by atoms with van der Waals surface area (Å²) in [6.07, 6.45) is -0.192. The number of amides is 1. The number of aromatic nitrogens is 2. The van der Waals surface area contributed by atoms with Crippen molar-refractivity contribution < 1.29 is 18.7 Å². The number of benzene rings is 2. The van der Waals surface area contributed by atoms with Crippen molar-refractivity contribution in [2.45, 2.75) is 19.9 Å². The molecule has 0 radical (unpaired) electrons. The number of H-pyrrole nitrogens is 1. The fraction of sp³-hybridized carbons (Fsp3) is 0.286. The minimum Gasteiger partial charge on any atom is -0.493 e. The van der Waals surface area contributed by atoms with Crippen molar-refractivity contribution in [3.63, 3.8) is 0 Å². The number of nitrogens with one attached hydrogen (secondary N) is 1. The molecule has 0 fully saturated rings. The van der Waals surface area contributed by atoms with Crippen molar-refractivity contribution in [1.29, 1.82) is 0 Å². The number of rotatable bonds is 7. The molecule has 1 amide bonds. The molecule has 0 aliphatic heterocycles. The number of nitrogens with zero attached hydrogens (tertiary/aromatic N) is 2. The zero-order valence-electron chi connectivity index (χ0n) is 16.8. The van der Waals surface area contributed by atoms with Crippen LogP contribution in [0, 0.1) is 5.82 Å². The van der Waals surface area contributed by atoms with E-state index in [2.05, 4.69) is 9.97 Å². The summed E-state index contributed by atoms with van der Waals surface area (Å²) in [5, 5.41) is 0.529. The number of fused-ring (bicyclic) bond motifs is 1. The molecule has 1 N–H and O–H groups in total. The van der Waals surface area contributed by atoms with Gasteiger partial charge in [0.15, 0.2) is 11.5 Å². The van der Waals surface area contributed by atoms with E-state index in [4.69, 9.17) is 21.1 Å². The van der Waals surface area contributed by atoms with Crippen LogP contribution in [0.25, 0.3) is 10.9 Å². The average Bonchev–Trinajstić information content (AvgIpc) is 2.73. The van der Waals surface area contributed by atoms with Crippen LogP contribution in [0.15, 0.2) is 35.1 Å². The van der Waals surface area contributed by atoms with Crippen molar-refractivity contribution >= 4 is 28.4 Å². The van der Waals surface area contributed by atoms with Crippen LogP contribution in [0.1, 0.15) is 18.3 Å². The standard InChI is InChI=1S/C21H21ClFN3O4/c1-4-26(20(27)9-12-14(22)6-5-7-15(12)23)11-19-24-16-10-18(30-3)17(29-2)8-13(16)21(28)25-19/h5-8,10H,4,9,11H2,1-3H3,(H,24,25,28). The molecule has 1 heterocycles. The first-order chi connectivity index (χ1) is 14.4. The summed E-state index contributed by atoms with van der Waals surface area (Å²) < 4.78 is 24.5. The quantitative estimate of drug-likeness (QED) is 0.617. The van der Waals surface area contributed by atoms with Gasteiger partial charge < -0.3 is 19.4 Å². The van der Waals surface area contributed by atoms with Gasteiger partial charge in [0.05, 0.1) is 38.1 Å². The number of hydrogen-bond acceptors (Lipinski definition) is 5. The van der Waals surface area contributed by atoms with Crippen LogP contribution < -0.4 is 15.0 Å². The summed E-state index contributed by atoms with van der Waals surface area (Å²) in [7, 11) is 2.97. The molecule has 1 aromatic heterocycles. The van der Waals surface area contributed by atoms with E-state index < -0.39 is 5.82 Å². The second kappa shape index (κ2) is 9.13. The molecule has 0 aliphatic rings. The van der Waals surface area contributed by atoms with Gasteiger partial charge in [-0.3, -0.25) is 9.59 Å². The highest BCUT2D eigenvalue weighted by Crippen LogP contribution is 2.30. The molecular weight excluding hydrogens is 413 g/mol. The molecule has 7 nitrogen and oxygen atoms in total. The Bertz CT molecular complexity index is 1130. The van der Waals surface area contributed by atoms with Gasteiger partial charge in [-0.2, -0.15) is 0 Å². The molecule has 0 saturated heterocycles. The molecule has 0 spiro atoms. The number of halogens is 2. The van der Waals surface area contributed by atoms with Crippen LogP contribution >= 0.6 is 11.6 Å². The van der Waals surface area contributed by atoms with Gasteiger partial charge in [-0.15, -0.1) is 0 Å². The van der Waals surface area contributed by atoms with Gasteiger partial charge in [0, 0.05) is 23.2 Å². The molecule has 9 heteroatoms. The van der Waals surface area contributed by atoms with Gasteiger partial charge in [-0.25, -0.2) is 9.37 Å². The SMILES string of the molecule is CCN(Cc1nc2cc(OC)c(OC)cc2c(=O)[nH]1)C(=O)Cc1c(F)cccc1Cl. The van der Waals surface area contributed by atoms with Crippen molar-refractivity contribution in [3.05, 3.63) is 62.9 Å². The lowest BCUT2D eigenvalue weighted by Gasteiger charge is -2.21. The van der Waals surface area contributed by atoms with E-state index in [9.17, 15) is 14.0 Å². The van der Waals surface area contributed by atoms with E-state index in [1.165, 1.54) is 37.3 Å². The summed E-state index contributed by atoms with van der Waals surface area (Å²) in [5.74, 6) is 0.281. The van der Waals surface area contributed by atoms with Crippen molar-refractivity contribution in [2.24, 2.45) is 0 Å². The fourth-order valence-corrected chi connectivity index (χ4v) is 3.34. The zero-order valence-corrected chi connectivity index (χ0v) is 17.5. The molecular formula is C21H21ClFN3O4. The Labute approximate surface area is 177 Å². The molecule has 0 aliphatic carbocycles. The highest BCUT2D eigenvalue weighted by Gasteiger charge is 2.19. The topological polar surface area (TPSA) is 84.5 Å². The van der Waals surface area contributed by atoms with Crippen LogP contribution in [0.3, 0.4) is 0 Å². The lowest BCUT2D eigenvalue weighted by molar-refractivity contribution is -0.131. The van der Waals surface area contributed by atoms with Crippen LogP contribution in [0.2, 0.25) is 5.02 Å². The average molecular weight is 434 g/mol. The van der Waals surface area contributed by atoms with Crippen LogP contribution in [-0.2, 0) is 17.8 Å². The van der Waals surface area contributed by atoms with E-state index in [1.807, 2.05) is 0 Å². The third-order valence-electron chi connectivity index (χ3n) is 4.72. The highest BCUT2D eigenvalue weighted by atomic mass is 35.5. The Hall–Kier alpha value is -3.13. The van der Waals surface area contributed by atoms with E-state index in [1.54, 1.807) is 19.1 Å². The molecule has 3 rings (SSSR count). The van der Waals surface area contributed by atoms with Crippen molar-refractivity contribution in [3.8, 4) is 11.5 Å². The Kier molecular flexibility index (Phi) is 6.56. The molecule has 0 atom stereocenters. The molecule has 30 heavy (non-hydrogen) atoms. The third-order valence-corrected chi connectivity index (χ3v) is 5.08. The first-order valence-corrected chi connectivity index (χ1v) is 9.61. The predicted molar refractivity (Wildman–Crippen MR) is 112 cm³/mol. The van der Waals surface area contributed by atoms with Crippen molar-refractivity contribution in [1.82, 2.24) is 14.9 Å². The second-order valence-electron chi connectivity index (χ2n) is 6.52. The first kappa shape index (κ1) is 21.6. The Morgan fingerprint density at radius 1 is 1.23 bits per heavy atom. The molecule has 2 aromatic carbocycles. The lowest BCUT2D eigenvalue weighted by Crippen LogP contribution is -2.33. The van der Waals surface area contributed by atoms with E-state index >= 15 is 0 Å². The maximum atomic E-state index is 14.0. The van der Waals surface area contributed by atoms with Gasteiger partial charge in [0.25, 0.3) is 5.56 Å². The normalized spacial score (nSPS) is 10.8. The maximum absolute atomic E-state index is 14.0. The number of hydrogen-bond donors (Lipinski definition) is 1. The highest BCUT2D eigenvalue weighted by molar-refractivity contribution is 6.31. The van der Waals surface area contributed by atoms with Crippen LogP contribution in [0.4, 0.5) is 4.39 Å². The number of likely N-dealkylation sites (N-methyl/N-ethyl adjacent to an activating group) is 1. The molecule has 3 aromatic rings. The van der Waals surface area contributed by atoms with Crippen LogP contribution in [0.5, 0.6) is 11.5 Å². The fourth-order valence-electron chi connectivity index (χ4n) is 3.11. The third kappa shape index (κ3) is 4.38. The Morgan fingerprint density at radius 2 is 1.93 bits per heavy atom. The number of aromatic amines is 1. The second-order valence-corrected chi connectivity index (χ2v) is 6.93. The number of ether oxygens (including phenoxy) is 2. The Morgan fingerprint density at radius 3 is 2.57 bits per heavy atom. The minimum absolute atomic E-state index is 0.0565. The summed E-state index contributed by atoms with van der Waals surface area (Å²) in [5.41, 5.74) is 0.183. The summed E-state index contributed by atoms with van der Waals surface area (Å²) in [6.45, 7) is 2.19. The zero-order chi connectivity index (χ0) is 21.8. The number of methoxy groups -OCH3 is 2. The molecule has 0 bridgehead atoms. The van der Waals surface area contributed by atoms with Gasteiger partial charge in [0.2, 0.25) is 5.91 Å². The van der Waals surface area contributed by atoms with Gasteiger partial charge in [-0.05, 0) is 25.1 Å². The monoisotopic (exact) mass is 433 g/mol. The van der Waals surface area contributed by atoms with Gasteiger partial charge >= 0.3 is 0 Å². The molecule has 0 unspecified atom stereocenters. The van der Waals surface area contributed by atoms with Gasteiger partial charge in [0.1, 0.15) is 11.6 Å². The van der Waals surface area contributed by atoms with E-state index in [0.717, 1.165) is 0 Å². The van der Waals surface area contributed by atoms with E-state index in [0.29, 0.717) is 34.8 Å². The summed E-state index contributed by atoms with van der Waals surface area (Å²) >= 11 is 6.03. The Balaban J connectivity index is 1.89. The van der Waals surface area contributed by atoms with Gasteiger partial charge in [-0.1, -0.05) is 17.7 Å². The lowest BCUT2D eigenvalue weighted by atomic mass is 10.1. The largest absolute Gasteiger partial charge is 0.493 e. The number of carbonyl (C=O) groups excluding carboxylic acids is 1. The number of carbonyl (C=O) groups is 1. The summed E-state index contributed by atoms with van der Waals surface area (Å²) in [6, 6.07) is 7.43. The minimum atomic E-state index is -0.537. The first-order valence-electron chi connectivity index (χ1n) is 9.23. The molecule has 158 valence electrons. The van der Waals surface area contributed by atoms with E-state index in [-0.39, 0.29) is 35.0 Å². The molecule has 0 saturated carbocycles. The smallest absolute Gasteiger partial charge is 0.258 e. The summed E-state index contributed by atoms with van der Waals surface area (Å²) in [4.78, 5) is 33.9. The maximum Gasteiger partial charge on any atom is 0.258 e.